The fourth-order valence-electron chi connectivity index (χ4n) is 3.39. The van der Waals surface area contributed by atoms with Crippen LogP contribution in [0.15, 0.2) is 18.2 Å². The van der Waals surface area contributed by atoms with Crippen molar-refractivity contribution in [3.8, 4) is 5.75 Å². The number of allylic oxidation sites excluding steroid dienone is 1. The summed E-state index contributed by atoms with van der Waals surface area (Å²) in [5.41, 5.74) is 1.86. The normalized spacial score (nSPS) is 27.0. The minimum Gasteiger partial charge on any atom is -0.508 e. The lowest BCUT2D eigenvalue weighted by atomic mass is 9.60. The van der Waals surface area contributed by atoms with E-state index in [0.29, 0.717) is 16.7 Å². The molecule has 0 heterocycles. The lowest BCUT2D eigenvalue weighted by Crippen LogP contribution is -2.47. The summed E-state index contributed by atoms with van der Waals surface area (Å²) in [6.07, 6.45) is 0.612. The van der Waals surface area contributed by atoms with Crippen molar-refractivity contribution in [2.75, 3.05) is 0 Å². The largest absolute Gasteiger partial charge is 0.508 e. The second-order valence-corrected chi connectivity index (χ2v) is 6.59. The number of phenolic OH excluding ortho intramolecular Hbond substituents is 1. The van der Waals surface area contributed by atoms with E-state index in [1.807, 2.05) is 0 Å². The molecule has 0 radical (unpaired) electrons. The number of phenols is 1. The predicted octanol–water partition coefficient (Wildman–Crippen LogP) is 2.26. The van der Waals surface area contributed by atoms with Crippen LogP contribution in [0.4, 0.5) is 0 Å². The van der Waals surface area contributed by atoms with Crippen LogP contribution < -0.4 is 0 Å². The third-order valence-corrected chi connectivity index (χ3v) is 4.88. The molecular formula is C17H18O4. The molecule has 2 aliphatic carbocycles. The van der Waals surface area contributed by atoms with Crippen molar-refractivity contribution >= 4 is 17.1 Å². The highest BCUT2D eigenvalue weighted by atomic mass is 16.3. The van der Waals surface area contributed by atoms with E-state index in [-0.39, 0.29) is 29.7 Å². The third kappa shape index (κ3) is 1.86. The van der Waals surface area contributed by atoms with Crippen LogP contribution in [0.1, 0.15) is 41.8 Å². The fourth-order valence-corrected chi connectivity index (χ4v) is 3.39. The summed E-state index contributed by atoms with van der Waals surface area (Å²) in [7, 11) is 0. The van der Waals surface area contributed by atoms with Gasteiger partial charge in [-0.05, 0) is 47.8 Å². The second-order valence-electron chi connectivity index (χ2n) is 6.59. The van der Waals surface area contributed by atoms with Crippen molar-refractivity contribution in [1.29, 1.82) is 0 Å². The van der Waals surface area contributed by atoms with Gasteiger partial charge in [0.25, 0.3) is 0 Å². The van der Waals surface area contributed by atoms with Crippen molar-refractivity contribution in [1.82, 2.24) is 0 Å². The Kier molecular flexibility index (Phi) is 2.85. The number of carbonyl (C=O) groups is 2. The minimum atomic E-state index is -1.10. The summed E-state index contributed by atoms with van der Waals surface area (Å²) < 4.78 is 0. The first-order valence-corrected chi connectivity index (χ1v) is 7.04. The Hall–Kier alpha value is -1.94. The van der Waals surface area contributed by atoms with Crippen molar-refractivity contribution in [2.24, 2.45) is 11.3 Å². The van der Waals surface area contributed by atoms with Crippen LogP contribution in [0.5, 0.6) is 5.75 Å². The quantitative estimate of drug-likeness (QED) is 0.767. The smallest absolute Gasteiger partial charge is 0.184 e. The molecule has 0 amide bonds. The molecule has 0 saturated heterocycles. The fraction of sp³-hybridized carbons (Fsp3) is 0.412. The summed E-state index contributed by atoms with van der Waals surface area (Å²) >= 11 is 0. The number of aliphatic hydroxyl groups is 1. The van der Waals surface area contributed by atoms with E-state index in [1.54, 1.807) is 32.9 Å². The first-order valence-electron chi connectivity index (χ1n) is 7.04. The zero-order chi connectivity index (χ0) is 15.5. The zero-order valence-electron chi connectivity index (χ0n) is 12.3. The molecule has 1 aromatic rings. The molecule has 110 valence electrons. The van der Waals surface area contributed by atoms with E-state index in [2.05, 4.69) is 0 Å². The summed E-state index contributed by atoms with van der Waals surface area (Å²) in [4.78, 5) is 24.4. The second kappa shape index (κ2) is 4.28. The van der Waals surface area contributed by atoms with Gasteiger partial charge in [-0.3, -0.25) is 9.59 Å². The Labute approximate surface area is 123 Å². The molecule has 0 unspecified atom stereocenters. The maximum atomic E-state index is 12.4. The van der Waals surface area contributed by atoms with Crippen molar-refractivity contribution in [3.63, 3.8) is 0 Å². The van der Waals surface area contributed by atoms with Gasteiger partial charge in [-0.25, -0.2) is 0 Å². The van der Waals surface area contributed by atoms with Gasteiger partial charge in [-0.1, -0.05) is 13.8 Å². The third-order valence-electron chi connectivity index (χ3n) is 4.88. The molecule has 0 saturated carbocycles. The average molecular weight is 286 g/mol. The molecule has 0 aromatic heterocycles. The molecule has 0 aliphatic heterocycles. The van der Waals surface area contributed by atoms with Gasteiger partial charge in [-0.15, -0.1) is 0 Å². The number of aromatic hydroxyl groups is 1. The van der Waals surface area contributed by atoms with Gasteiger partial charge in [0.05, 0.1) is 0 Å². The number of benzene rings is 1. The number of carbonyl (C=O) groups excluding carboxylic acids is 2. The molecule has 1 aromatic carbocycles. The number of aliphatic hydroxyl groups excluding tert-OH is 1. The number of hydrogen-bond acceptors (Lipinski definition) is 4. The van der Waals surface area contributed by atoms with E-state index in [1.165, 1.54) is 6.08 Å². The van der Waals surface area contributed by atoms with Gasteiger partial charge >= 0.3 is 0 Å². The molecular weight excluding hydrogens is 268 g/mol. The van der Waals surface area contributed by atoms with E-state index in [9.17, 15) is 19.8 Å². The molecule has 2 atom stereocenters. The van der Waals surface area contributed by atoms with Gasteiger partial charge in [0.2, 0.25) is 0 Å². The SMILES string of the molecule is Cc1cc2c(cc1O)C1=CC(=O)[C@@H](O)C(C)(C)[C@H]1CC2=O. The summed E-state index contributed by atoms with van der Waals surface area (Å²) in [5.74, 6) is -0.455. The molecule has 2 aliphatic rings. The number of hydrogen-bond donors (Lipinski definition) is 2. The number of rotatable bonds is 0. The van der Waals surface area contributed by atoms with Crippen LogP contribution in [-0.4, -0.2) is 27.9 Å². The van der Waals surface area contributed by atoms with Crippen LogP contribution >= 0.6 is 0 Å². The lowest BCUT2D eigenvalue weighted by Gasteiger charge is -2.44. The number of ketones is 2. The van der Waals surface area contributed by atoms with E-state index < -0.39 is 11.5 Å². The Bertz CT molecular complexity index is 697. The predicted molar refractivity (Wildman–Crippen MR) is 78.1 cm³/mol. The molecule has 4 heteroatoms. The number of fused-ring (bicyclic) bond motifs is 3. The van der Waals surface area contributed by atoms with Crippen LogP contribution in [0.3, 0.4) is 0 Å². The minimum absolute atomic E-state index is 0.00938. The van der Waals surface area contributed by atoms with Crippen molar-refractivity contribution in [2.45, 2.75) is 33.3 Å². The molecule has 0 bridgehead atoms. The van der Waals surface area contributed by atoms with Gasteiger partial charge in [0.1, 0.15) is 11.9 Å². The zero-order valence-corrected chi connectivity index (χ0v) is 12.3. The maximum Gasteiger partial charge on any atom is 0.184 e. The van der Waals surface area contributed by atoms with Gasteiger partial charge < -0.3 is 10.2 Å². The Morgan fingerprint density at radius 3 is 2.52 bits per heavy atom. The summed E-state index contributed by atoms with van der Waals surface area (Å²) in [6, 6.07) is 3.23. The topological polar surface area (TPSA) is 74.6 Å². The lowest BCUT2D eigenvalue weighted by molar-refractivity contribution is -0.130. The number of Topliss-reactive ketones (excluding diaryl/α,β-unsaturated/α-hetero) is 1. The van der Waals surface area contributed by atoms with Crippen molar-refractivity contribution in [3.05, 3.63) is 34.9 Å². The van der Waals surface area contributed by atoms with Gasteiger partial charge in [0, 0.05) is 17.4 Å². The Balaban J connectivity index is 2.27. The molecule has 2 N–H and O–H groups in total. The summed E-state index contributed by atoms with van der Waals surface area (Å²) in [5, 5.41) is 20.0. The highest BCUT2D eigenvalue weighted by Crippen LogP contribution is 2.50. The van der Waals surface area contributed by atoms with Crippen LogP contribution in [-0.2, 0) is 4.79 Å². The first kappa shape index (κ1) is 14.0. The van der Waals surface area contributed by atoms with Crippen molar-refractivity contribution < 1.29 is 19.8 Å². The van der Waals surface area contributed by atoms with Gasteiger partial charge in [0.15, 0.2) is 11.6 Å². The maximum absolute atomic E-state index is 12.4. The van der Waals surface area contributed by atoms with Crippen LogP contribution in [0.25, 0.3) is 5.57 Å². The van der Waals surface area contributed by atoms with Crippen LogP contribution in [0.2, 0.25) is 0 Å². The summed E-state index contributed by atoms with van der Waals surface area (Å²) in [6.45, 7) is 5.35. The Morgan fingerprint density at radius 1 is 1.19 bits per heavy atom. The molecule has 3 rings (SSSR count). The molecule has 21 heavy (non-hydrogen) atoms. The molecule has 0 spiro atoms. The van der Waals surface area contributed by atoms with Gasteiger partial charge in [-0.2, -0.15) is 0 Å². The highest BCUT2D eigenvalue weighted by molar-refractivity contribution is 6.10. The van der Waals surface area contributed by atoms with E-state index in [0.717, 1.165) is 5.57 Å². The monoisotopic (exact) mass is 286 g/mol. The highest BCUT2D eigenvalue weighted by Gasteiger charge is 2.48. The van der Waals surface area contributed by atoms with Crippen LogP contribution in [0, 0.1) is 18.3 Å². The molecule has 4 nitrogen and oxygen atoms in total. The Morgan fingerprint density at radius 2 is 1.86 bits per heavy atom. The first-order chi connectivity index (χ1) is 9.73. The van der Waals surface area contributed by atoms with E-state index >= 15 is 0 Å². The standard InChI is InChI=1S/C17H18O4/c1-8-4-11-9(5-13(8)18)10-6-15(20)16(21)17(2,3)12(10)7-14(11)19/h4-6,12,16,18,21H,7H2,1-3H3/t12-,16+/m0/s1. The molecule has 0 fully saturated rings. The van der Waals surface area contributed by atoms with E-state index in [4.69, 9.17) is 0 Å². The average Bonchev–Trinajstić information content (AvgIpc) is 2.41. The number of aryl methyl sites for hydroxylation is 1.